The second-order valence-corrected chi connectivity index (χ2v) is 3.82. The number of ketones is 1. The van der Waals surface area contributed by atoms with Gasteiger partial charge in [-0.2, -0.15) is 0 Å². The van der Waals surface area contributed by atoms with E-state index in [0.717, 1.165) is 5.56 Å². The molecule has 82 valence electrons. The molecule has 0 aliphatic carbocycles. The highest BCUT2D eigenvalue weighted by atomic mass is 19.1. The zero-order valence-electron chi connectivity index (χ0n) is 9.30. The van der Waals surface area contributed by atoms with E-state index in [0.29, 0.717) is 12.0 Å². The van der Waals surface area contributed by atoms with E-state index in [1.54, 1.807) is 19.9 Å². The molecule has 0 bridgehead atoms. The molecule has 1 aromatic rings. The van der Waals surface area contributed by atoms with Gasteiger partial charge in [-0.1, -0.05) is 13.0 Å². The van der Waals surface area contributed by atoms with E-state index in [-0.39, 0.29) is 11.3 Å². The Balaban J connectivity index is 3.20. The first-order chi connectivity index (χ1) is 6.97. The molecule has 0 fully saturated rings. The molecule has 1 atom stereocenters. The van der Waals surface area contributed by atoms with Crippen LogP contribution in [0.4, 0.5) is 4.39 Å². The highest BCUT2D eigenvalue weighted by Crippen LogP contribution is 2.17. The SMILES string of the molecule is CCC(N)C(=O)c1c(C)cc(C)cc1F. The maximum Gasteiger partial charge on any atom is 0.182 e. The van der Waals surface area contributed by atoms with Crippen LogP contribution in [0.15, 0.2) is 12.1 Å². The van der Waals surface area contributed by atoms with Gasteiger partial charge in [0.05, 0.1) is 11.6 Å². The number of Topliss-reactive ketones (excluding diaryl/α,β-unsaturated/α-hetero) is 1. The predicted octanol–water partition coefficient (Wildman–Crippen LogP) is 2.36. The Kier molecular flexibility index (Phi) is 3.58. The average Bonchev–Trinajstić information content (AvgIpc) is 2.14. The first kappa shape index (κ1) is 11.9. The van der Waals surface area contributed by atoms with Gasteiger partial charge in [-0.3, -0.25) is 4.79 Å². The second kappa shape index (κ2) is 4.53. The lowest BCUT2D eigenvalue weighted by Gasteiger charge is -2.11. The summed E-state index contributed by atoms with van der Waals surface area (Å²) in [5.74, 6) is -0.783. The molecule has 1 aromatic carbocycles. The van der Waals surface area contributed by atoms with Crippen molar-refractivity contribution in [3.8, 4) is 0 Å². The fourth-order valence-corrected chi connectivity index (χ4v) is 1.60. The Hall–Kier alpha value is -1.22. The van der Waals surface area contributed by atoms with Gasteiger partial charge in [-0.25, -0.2) is 4.39 Å². The summed E-state index contributed by atoms with van der Waals surface area (Å²) in [7, 11) is 0. The summed E-state index contributed by atoms with van der Waals surface area (Å²) in [5, 5.41) is 0. The van der Waals surface area contributed by atoms with Crippen molar-refractivity contribution in [3.05, 3.63) is 34.6 Å². The van der Waals surface area contributed by atoms with Crippen molar-refractivity contribution in [1.29, 1.82) is 0 Å². The summed E-state index contributed by atoms with van der Waals surface area (Å²) in [6.07, 6.45) is 0.519. The monoisotopic (exact) mass is 209 g/mol. The van der Waals surface area contributed by atoms with E-state index in [1.807, 2.05) is 6.92 Å². The first-order valence-electron chi connectivity index (χ1n) is 5.04. The lowest BCUT2D eigenvalue weighted by Crippen LogP contribution is -2.30. The minimum absolute atomic E-state index is 0.134. The largest absolute Gasteiger partial charge is 0.321 e. The number of nitrogens with two attached hydrogens (primary N) is 1. The van der Waals surface area contributed by atoms with E-state index < -0.39 is 11.9 Å². The molecule has 0 aliphatic rings. The average molecular weight is 209 g/mol. The molecule has 0 saturated carbocycles. The molecule has 0 saturated heterocycles. The van der Waals surface area contributed by atoms with Gasteiger partial charge < -0.3 is 5.73 Å². The Morgan fingerprint density at radius 2 is 2.07 bits per heavy atom. The molecule has 2 N–H and O–H groups in total. The number of benzene rings is 1. The van der Waals surface area contributed by atoms with Gasteiger partial charge in [0.2, 0.25) is 0 Å². The van der Waals surface area contributed by atoms with Crippen LogP contribution in [0.5, 0.6) is 0 Å². The number of aryl methyl sites for hydroxylation is 2. The third-order valence-corrected chi connectivity index (χ3v) is 2.45. The van der Waals surface area contributed by atoms with Crippen LogP contribution in [0, 0.1) is 19.7 Å². The molecule has 1 unspecified atom stereocenters. The number of carbonyl (C=O) groups excluding carboxylic acids is 1. The fraction of sp³-hybridized carbons (Fsp3) is 0.417. The Bertz CT molecular complexity index is 364. The molecular formula is C12H16FNO. The van der Waals surface area contributed by atoms with Gasteiger partial charge >= 0.3 is 0 Å². The molecule has 0 aromatic heterocycles. The van der Waals surface area contributed by atoms with Gasteiger partial charge in [-0.15, -0.1) is 0 Å². The molecule has 0 radical (unpaired) electrons. The second-order valence-electron chi connectivity index (χ2n) is 3.82. The quantitative estimate of drug-likeness (QED) is 0.776. The Labute approximate surface area is 89.3 Å². The van der Waals surface area contributed by atoms with Crippen LogP contribution >= 0.6 is 0 Å². The molecule has 0 aliphatic heterocycles. The number of carbonyl (C=O) groups is 1. The lowest BCUT2D eigenvalue weighted by molar-refractivity contribution is 0.0955. The summed E-state index contributed by atoms with van der Waals surface area (Å²) < 4.78 is 13.6. The highest BCUT2D eigenvalue weighted by molar-refractivity contribution is 6.01. The third kappa shape index (κ3) is 2.42. The number of halogens is 1. The van der Waals surface area contributed by atoms with Gasteiger partial charge in [-0.05, 0) is 37.5 Å². The van der Waals surface area contributed by atoms with Crippen LogP contribution in [0.3, 0.4) is 0 Å². The highest BCUT2D eigenvalue weighted by Gasteiger charge is 2.20. The smallest absolute Gasteiger partial charge is 0.182 e. The number of hydrogen-bond donors (Lipinski definition) is 1. The van der Waals surface area contributed by atoms with E-state index in [9.17, 15) is 9.18 Å². The molecule has 1 rings (SSSR count). The van der Waals surface area contributed by atoms with Crippen LogP contribution in [0.2, 0.25) is 0 Å². The predicted molar refractivity (Wildman–Crippen MR) is 58.5 cm³/mol. The number of hydrogen-bond acceptors (Lipinski definition) is 2. The Morgan fingerprint density at radius 1 is 1.47 bits per heavy atom. The summed E-state index contributed by atoms with van der Waals surface area (Å²) in [4.78, 5) is 11.8. The molecule has 2 nitrogen and oxygen atoms in total. The lowest BCUT2D eigenvalue weighted by atomic mass is 9.96. The van der Waals surface area contributed by atoms with E-state index in [4.69, 9.17) is 5.73 Å². The van der Waals surface area contributed by atoms with Crippen LogP contribution in [-0.4, -0.2) is 11.8 Å². The molecule has 15 heavy (non-hydrogen) atoms. The van der Waals surface area contributed by atoms with Crippen LogP contribution in [-0.2, 0) is 0 Å². The minimum atomic E-state index is -0.610. The van der Waals surface area contributed by atoms with Crippen molar-refractivity contribution in [2.45, 2.75) is 33.2 Å². The summed E-state index contributed by atoms with van der Waals surface area (Å²) >= 11 is 0. The molecule has 0 amide bonds. The van der Waals surface area contributed by atoms with Crippen LogP contribution in [0.1, 0.15) is 34.8 Å². The van der Waals surface area contributed by atoms with E-state index >= 15 is 0 Å². The van der Waals surface area contributed by atoms with Crippen molar-refractivity contribution in [1.82, 2.24) is 0 Å². The molecule has 0 heterocycles. The fourth-order valence-electron chi connectivity index (χ4n) is 1.60. The van der Waals surface area contributed by atoms with Crippen molar-refractivity contribution in [3.63, 3.8) is 0 Å². The van der Waals surface area contributed by atoms with E-state index in [1.165, 1.54) is 6.07 Å². The topological polar surface area (TPSA) is 43.1 Å². The first-order valence-corrected chi connectivity index (χ1v) is 5.04. The maximum atomic E-state index is 13.6. The zero-order valence-corrected chi connectivity index (χ0v) is 9.30. The van der Waals surface area contributed by atoms with Crippen molar-refractivity contribution < 1.29 is 9.18 Å². The molecule has 3 heteroatoms. The van der Waals surface area contributed by atoms with Gasteiger partial charge in [0.15, 0.2) is 5.78 Å². The summed E-state index contributed by atoms with van der Waals surface area (Å²) in [6, 6.07) is 2.54. The van der Waals surface area contributed by atoms with Gasteiger partial charge in [0.25, 0.3) is 0 Å². The summed E-state index contributed by atoms with van der Waals surface area (Å²) in [6.45, 7) is 5.33. The summed E-state index contributed by atoms with van der Waals surface area (Å²) in [5.41, 5.74) is 7.21. The van der Waals surface area contributed by atoms with Gasteiger partial charge in [0.1, 0.15) is 5.82 Å². The molecule has 0 spiro atoms. The van der Waals surface area contributed by atoms with Crippen molar-refractivity contribution >= 4 is 5.78 Å². The van der Waals surface area contributed by atoms with Crippen molar-refractivity contribution in [2.24, 2.45) is 5.73 Å². The van der Waals surface area contributed by atoms with Crippen LogP contribution in [0.25, 0.3) is 0 Å². The minimum Gasteiger partial charge on any atom is -0.321 e. The Morgan fingerprint density at radius 3 is 2.53 bits per heavy atom. The van der Waals surface area contributed by atoms with Crippen LogP contribution < -0.4 is 5.73 Å². The maximum absolute atomic E-state index is 13.6. The van der Waals surface area contributed by atoms with E-state index in [2.05, 4.69) is 0 Å². The number of rotatable bonds is 3. The normalized spacial score (nSPS) is 12.6. The van der Waals surface area contributed by atoms with Crippen molar-refractivity contribution in [2.75, 3.05) is 0 Å². The third-order valence-electron chi connectivity index (χ3n) is 2.45. The van der Waals surface area contributed by atoms with Gasteiger partial charge in [0, 0.05) is 0 Å². The zero-order chi connectivity index (χ0) is 11.6. The standard InChI is InChI=1S/C12H16FNO/c1-4-10(14)12(15)11-8(3)5-7(2)6-9(11)13/h5-6,10H,4,14H2,1-3H3. The molecular weight excluding hydrogens is 193 g/mol.